The van der Waals surface area contributed by atoms with Crippen molar-refractivity contribution in [2.24, 2.45) is 0 Å². The Hall–Kier alpha value is -1.56. The summed E-state index contributed by atoms with van der Waals surface area (Å²) in [5.74, 6) is 0.134. The number of phenols is 1. The average Bonchev–Trinajstić information content (AvgIpc) is 2.69. The van der Waals surface area contributed by atoms with E-state index in [0.29, 0.717) is 26.1 Å². The van der Waals surface area contributed by atoms with Crippen molar-refractivity contribution < 1.29 is 5.11 Å². The number of halogens is 3. The lowest BCUT2D eigenvalue weighted by Gasteiger charge is -2.39. The molecule has 0 unspecified atom stereocenters. The van der Waals surface area contributed by atoms with Crippen LogP contribution in [-0.4, -0.2) is 53.1 Å². The number of nitrogens with zero attached hydrogens (tertiary/aromatic N) is 3. The van der Waals surface area contributed by atoms with Crippen LogP contribution in [0.25, 0.3) is 10.9 Å². The monoisotopic (exact) mass is 435 g/mol. The number of rotatable bonds is 3. The van der Waals surface area contributed by atoms with Gasteiger partial charge in [0.2, 0.25) is 0 Å². The maximum absolute atomic E-state index is 11.1. The van der Waals surface area contributed by atoms with Gasteiger partial charge in [0.15, 0.2) is 0 Å². The predicted octanol–water partition coefficient (Wildman–Crippen LogP) is 5.24. The quantitative estimate of drug-likeness (QED) is 0.609. The molecule has 2 aromatic carbocycles. The van der Waals surface area contributed by atoms with E-state index in [4.69, 9.17) is 34.8 Å². The Morgan fingerprint density at radius 2 is 1.71 bits per heavy atom. The van der Waals surface area contributed by atoms with E-state index < -0.39 is 0 Å². The molecular weight excluding hydrogens is 417 g/mol. The molecule has 28 heavy (non-hydrogen) atoms. The summed E-state index contributed by atoms with van der Waals surface area (Å²) in [6.07, 6.45) is 1.66. The molecule has 1 atom stereocenters. The third-order valence-electron chi connectivity index (χ3n) is 5.30. The van der Waals surface area contributed by atoms with Gasteiger partial charge in [-0.05, 0) is 42.9 Å². The zero-order valence-electron chi connectivity index (χ0n) is 15.4. The van der Waals surface area contributed by atoms with Gasteiger partial charge < -0.3 is 10.0 Å². The second-order valence-electron chi connectivity index (χ2n) is 7.10. The molecule has 0 saturated carbocycles. The predicted molar refractivity (Wildman–Crippen MR) is 116 cm³/mol. The molecule has 1 fully saturated rings. The zero-order chi connectivity index (χ0) is 19.8. The van der Waals surface area contributed by atoms with E-state index in [1.165, 1.54) is 0 Å². The number of benzene rings is 2. The topological polar surface area (TPSA) is 39.6 Å². The minimum atomic E-state index is -0.248. The molecule has 1 aliphatic heterocycles. The molecule has 1 aromatic heterocycles. The molecule has 0 aliphatic carbocycles. The molecule has 4 rings (SSSR count). The van der Waals surface area contributed by atoms with Gasteiger partial charge in [-0.15, -0.1) is 0 Å². The molecule has 0 spiro atoms. The van der Waals surface area contributed by atoms with Gasteiger partial charge in [0.1, 0.15) is 11.3 Å². The fraction of sp³-hybridized carbons (Fsp3) is 0.286. The first-order valence-electron chi connectivity index (χ1n) is 9.09. The summed E-state index contributed by atoms with van der Waals surface area (Å²) >= 11 is 19.3. The van der Waals surface area contributed by atoms with Crippen LogP contribution in [0.15, 0.2) is 42.6 Å². The largest absolute Gasteiger partial charge is 0.505 e. The van der Waals surface area contributed by atoms with Crippen LogP contribution in [0.4, 0.5) is 0 Å². The van der Waals surface area contributed by atoms with E-state index in [2.05, 4.69) is 21.8 Å². The van der Waals surface area contributed by atoms with Crippen LogP contribution >= 0.6 is 34.8 Å². The summed E-state index contributed by atoms with van der Waals surface area (Å²) < 4.78 is 0. The van der Waals surface area contributed by atoms with Crippen molar-refractivity contribution in [3.8, 4) is 5.75 Å². The van der Waals surface area contributed by atoms with Gasteiger partial charge in [0, 0.05) is 53.4 Å². The fourth-order valence-corrected chi connectivity index (χ4v) is 4.56. The summed E-state index contributed by atoms with van der Waals surface area (Å²) in [6, 6.07) is 10.7. The summed E-state index contributed by atoms with van der Waals surface area (Å²) in [5.41, 5.74) is 2.08. The van der Waals surface area contributed by atoms with Crippen LogP contribution < -0.4 is 0 Å². The molecule has 4 nitrogen and oxygen atoms in total. The number of hydrogen-bond donors (Lipinski definition) is 1. The Labute approximate surface area is 179 Å². The standard InChI is InChI=1S/C21H20Cl3N3O/c1-26-7-9-27(10-8-26)20(15-5-4-13(22)11-17(15)23)16-12-18(24)14-3-2-6-25-19(14)21(16)28/h2-6,11-12,20,28H,7-10H2,1H3/t20-/m1/s1. The van der Waals surface area contributed by atoms with E-state index >= 15 is 0 Å². The molecule has 0 radical (unpaired) electrons. The van der Waals surface area contributed by atoms with Crippen molar-refractivity contribution in [1.82, 2.24) is 14.8 Å². The van der Waals surface area contributed by atoms with Gasteiger partial charge in [-0.2, -0.15) is 0 Å². The van der Waals surface area contributed by atoms with Crippen molar-refractivity contribution in [3.63, 3.8) is 0 Å². The van der Waals surface area contributed by atoms with Crippen molar-refractivity contribution in [3.05, 3.63) is 68.8 Å². The molecular formula is C21H20Cl3N3O. The Balaban J connectivity index is 1.91. The van der Waals surface area contributed by atoms with Crippen LogP contribution in [0.3, 0.4) is 0 Å². The first kappa shape index (κ1) is 19.7. The normalized spacial score (nSPS) is 17.1. The number of fused-ring (bicyclic) bond motifs is 1. The van der Waals surface area contributed by atoms with Gasteiger partial charge in [0.05, 0.1) is 11.1 Å². The smallest absolute Gasteiger partial charge is 0.147 e. The minimum absolute atomic E-state index is 0.134. The van der Waals surface area contributed by atoms with Crippen LogP contribution in [0.2, 0.25) is 15.1 Å². The minimum Gasteiger partial charge on any atom is -0.505 e. The lowest BCUT2D eigenvalue weighted by atomic mass is 9.94. The van der Waals surface area contributed by atoms with Gasteiger partial charge >= 0.3 is 0 Å². The highest BCUT2D eigenvalue weighted by atomic mass is 35.5. The van der Waals surface area contributed by atoms with E-state index in [1.54, 1.807) is 18.3 Å². The van der Waals surface area contributed by atoms with Crippen molar-refractivity contribution in [1.29, 1.82) is 0 Å². The molecule has 0 amide bonds. The second-order valence-corrected chi connectivity index (χ2v) is 8.35. The van der Waals surface area contributed by atoms with Gasteiger partial charge in [-0.25, -0.2) is 0 Å². The first-order valence-corrected chi connectivity index (χ1v) is 10.2. The van der Waals surface area contributed by atoms with Crippen LogP contribution in [0.1, 0.15) is 17.2 Å². The Bertz CT molecular complexity index is 1020. The highest BCUT2D eigenvalue weighted by molar-refractivity contribution is 6.36. The summed E-state index contributed by atoms with van der Waals surface area (Å²) in [4.78, 5) is 8.96. The van der Waals surface area contributed by atoms with Crippen LogP contribution in [0.5, 0.6) is 5.75 Å². The van der Waals surface area contributed by atoms with Gasteiger partial charge in [0.25, 0.3) is 0 Å². The highest BCUT2D eigenvalue weighted by Gasteiger charge is 2.30. The molecule has 1 saturated heterocycles. The van der Waals surface area contributed by atoms with Gasteiger partial charge in [-0.1, -0.05) is 40.9 Å². The van der Waals surface area contributed by atoms with E-state index in [9.17, 15) is 5.11 Å². The second kappa shape index (κ2) is 8.05. The highest BCUT2D eigenvalue weighted by Crippen LogP contribution is 2.43. The summed E-state index contributed by atoms with van der Waals surface area (Å²) in [7, 11) is 2.11. The van der Waals surface area contributed by atoms with Crippen molar-refractivity contribution >= 4 is 45.7 Å². The van der Waals surface area contributed by atoms with Crippen molar-refractivity contribution in [2.75, 3.05) is 33.2 Å². The van der Waals surface area contributed by atoms with Gasteiger partial charge in [-0.3, -0.25) is 9.88 Å². The maximum Gasteiger partial charge on any atom is 0.147 e. The number of hydrogen-bond acceptors (Lipinski definition) is 4. The number of pyridine rings is 1. The Morgan fingerprint density at radius 1 is 0.964 bits per heavy atom. The molecule has 3 aromatic rings. The Morgan fingerprint density at radius 3 is 2.43 bits per heavy atom. The third kappa shape index (κ3) is 3.68. The number of piperazine rings is 1. The maximum atomic E-state index is 11.1. The van der Waals surface area contributed by atoms with E-state index in [1.807, 2.05) is 24.3 Å². The zero-order valence-corrected chi connectivity index (χ0v) is 17.6. The van der Waals surface area contributed by atoms with E-state index in [0.717, 1.165) is 37.1 Å². The molecule has 1 N–H and O–H groups in total. The van der Waals surface area contributed by atoms with Crippen LogP contribution in [-0.2, 0) is 0 Å². The van der Waals surface area contributed by atoms with Crippen LogP contribution in [0, 0.1) is 0 Å². The molecule has 1 aliphatic rings. The third-order valence-corrected chi connectivity index (χ3v) is 6.17. The fourth-order valence-electron chi connectivity index (χ4n) is 3.78. The number of likely N-dealkylation sites (N-methyl/N-ethyl adjacent to an activating group) is 1. The molecule has 2 heterocycles. The number of aromatic hydroxyl groups is 1. The number of phenolic OH excluding ortho intramolecular Hbond substituents is 1. The lowest BCUT2D eigenvalue weighted by molar-refractivity contribution is 0.126. The molecule has 7 heteroatoms. The Kier molecular flexibility index (Phi) is 5.68. The SMILES string of the molecule is CN1CCN([C@H](c2ccc(Cl)cc2Cl)c2cc(Cl)c3cccnc3c2O)CC1. The van der Waals surface area contributed by atoms with E-state index in [-0.39, 0.29) is 11.8 Å². The number of aromatic nitrogens is 1. The van der Waals surface area contributed by atoms with Crippen molar-refractivity contribution in [2.45, 2.75) is 6.04 Å². The first-order chi connectivity index (χ1) is 13.5. The average molecular weight is 437 g/mol. The molecule has 146 valence electrons. The lowest BCUT2D eigenvalue weighted by Crippen LogP contribution is -2.46. The summed E-state index contributed by atoms with van der Waals surface area (Å²) in [5, 5.41) is 13.5. The summed E-state index contributed by atoms with van der Waals surface area (Å²) in [6.45, 7) is 3.55. The molecule has 0 bridgehead atoms.